The number of carbonyl (C=O) groups excluding carboxylic acids is 1. The molecule has 0 aliphatic rings. The van der Waals surface area contributed by atoms with E-state index < -0.39 is 5.97 Å². The van der Waals surface area contributed by atoms with E-state index in [1.165, 1.54) is 17.9 Å². The van der Waals surface area contributed by atoms with Crippen LogP contribution in [0.5, 0.6) is 0 Å². The molecule has 7 heteroatoms. The number of carbonyl (C=O) groups is 1. The number of nitrogens with zero attached hydrogens (tertiary/aromatic N) is 2. The first-order valence-electron chi connectivity index (χ1n) is 5.49. The number of methoxy groups -OCH3 is 1. The summed E-state index contributed by atoms with van der Waals surface area (Å²) < 4.78 is 5.83. The van der Waals surface area contributed by atoms with Crippen molar-refractivity contribution in [2.24, 2.45) is 0 Å². The summed E-state index contributed by atoms with van der Waals surface area (Å²) in [5, 5.41) is 4.32. The molecule has 1 N–H and O–H groups in total. The van der Waals surface area contributed by atoms with Gasteiger partial charge in [-0.3, -0.25) is 4.98 Å². The number of aryl methyl sites for hydroxylation is 2. The number of halogens is 1. The first kappa shape index (κ1) is 13.4. The van der Waals surface area contributed by atoms with Crippen molar-refractivity contribution in [3.05, 3.63) is 44.6 Å². The van der Waals surface area contributed by atoms with Crippen LogP contribution in [0.25, 0.3) is 5.69 Å². The van der Waals surface area contributed by atoms with Crippen molar-refractivity contribution in [2.45, 2.75) is 13.8 Å². The van der Waals surface area contributed by atoms with E-state index >= 15 is 0 Å². The lowest BCUT2D eigenvalue weighted by molar-refractivity contribution is 0.0601. The average molecular weight is 282 g/mol. The lowest BCUT2D eigenvalue weighted by Crippen LogP contribution is -2.18. The summed E-state index contributed by atoms with van der Waals surface area (Å²) in [7, 11) is 1.27. The number of rotatable bonds is 2. The molecule has 100 valence electrons. The van der Waals surface area contributed by atoms with Crippen LogP contribution < -0.4 is 5.69 Å². The number of benzene rings is 1. The van der Waals surface area contributed by atoms with Gasteiger partial charge < -0.3 is 4.74 Å². The molecule has 0 unspecified atom stereocenters. The summed E-state index contributed by atoms with van der Waals surface area (Å²) in [5.41, 5.74) is 1.03. The molecule has 2 aromatic rings. The monoisotopic (exact) mass is 281 g/mol. The Labute approximate surface area is 114 Å². The fourth-order valence-corrected chi connectivity index (χ4v) is 2.04. The second kappa shape index (κ2) is 4.89. The highest BCUT2D eigenvalue weighted by molar-refractivity contribution is 6.33. The summed E-state index contributed by atoms with van der Waals surface area (Å²) in [6, 6.07) is 3.09. The third-order valence-corrected chi connectivity index (χ3v) is 2.96. The van der Waals surface area contributed by atoms with Crippen LogP contribution in [0.2, 0.25) is 5.02 Å². The van der Waals surface area contributed by atoms with Gasteiger partial charge in [0, 0.05) is 0 Å². The number of hydrogen-bond acceptors (Lipinski definition) is 4. The summed E-state index contributed by atoms with van der Waals surface area (Å²) in [5.74, 6) is -0.0782. The number of esters is 1. The van der Waals surface area contributed by atoms with E-state index in [1.807, 2.05) is 0 Å². The smallest absolute Gasteiger partial charge is 0.348 e. The van der Waals surface area contributed by atoms with Gasteiger partial charge in [-0.25, -0.2) is 9.59 Å². The van der Waals surface area contributed by atoms with Crippen molar-refractivity contribution in [1.29, 1.82) is 0 Å². The SMILES string of the molecule is COC(=O)c1cc(-n2nc(C)[nH]c2=O)c(C)cc1Cl. The predicted octanol–water partition coefficient (Wildman–Crippen LogP) is 1.62. The molecule has 6 nitrogen and oxygen atoms in total. The zero-order valence-electron chi connectivity index (χ0n) is 10.7. The highest BCUT2D eigenvalue weighted by atomic mass is 35.5. The third-order valence-electron chi connectivity index (χ3n) is 2.65. The van der Waals surface area contributed by atoms with Gasteiger partial charge >= 0.3 is 11.7 Å². The van der Waals surface area contributed by atoms with Gasteiger partial charge in [0.25, 0.3) is 0 Å². The van der Waals surface area contributed by atoms with Gasteiger partial charge in [-0.05, 0) is 31.5 Å². The largest absolute Gasteiger partial charge is 0.465 e. The first-order chi connectivity index (χ1) is 8.93. The summed E-state index contributed by atoms with van der Waals surface area (Å²) in [4.78, 5) is 25.9. The predicted molar refractivity (Wildman–Crippen MR) is 70.0 cm³/mol. The maximum Gasteiger partial charge on any atom is 0.348 e. The van der Waals surface area contributed by atoms with Gasteiger partial charge in [-0.2, -0.15) is 9.78 Å². The molecule has 1 heterocycles. The fourth-order valence-electron chi connectivity index (χ4n) is 1.75. The Morgan fingerprint density at radius 1 is 1.42 bits per heavy atom. The number of H-pyrrole nitrogens is 1. The minimum absolute atomic E-state index is 0.192. The molecule has 0 saturated carbocycles. The first-order valence-corrected chi connectivity index (χ1v) is 5.86. The van der Waals surface area contributed by atoms with Gasteiger partial charge in [-0.1, -0.05) is 11.6 Å². The van der Waals surface area contributed by atoms with E-state index in [2.05, 4.69) is 14.8 Å². The Morgan fingerprint density at radius 2 is 2.11 bits per heavy atom. The molecule has 0 spiro atoms. The molecule has 0 aliphatic carbocycles. The second-order valence-corrected chi connectivity index (χ2v) is 4.44. The molecule has 1 aromatic heterocycles. The fraction of sp³-hybridized carbons (Fsp3) is 0.250. The molecular formula is C12H12ClN3O3. The molecule has 0 fully saturated rings. The zero-order valence-corrected chi connectivity index (χ0v) is 11.4. The Hall–Kier alpha value is -2.08. The highest BCUT2D eigenvalue weighted by Gasteiger charge is 2.16. The Kier molecular flexibility index (Phi) is 3.44. The van der Waals surface area contributed by atoms with Crippen LogP contribution in [-0.2, 0) is 4.74 Å². The highest BCUT2D eigenvalue weighted by Crippen LogP contribution is 2.23. The Balaban J connectivity index is 2.67. The molecular weight excluding hydrogens is 270 g/mol. The molecule has 0 saturated heterocycles. The van der Waals surface area contributed by atoms with E-state index in [0.717, 1.165) is 5.56 Å². The number of nitrogens with one attached hydrogen (secondary N) is 1. The lowest BCUT2D eigenvalue weighted by atomic mass is 10.1. The standard InChI is InChI=1S/C12H12ClN3O3/c1-6-4-9(13)8(11(17)19-3)5-10(6)16-12(18)14-7(2)15-16/h4-5H,1-3H3,(H,14,15,18). The lowest BCUT2D eigenvalue weighted by Gasteiger charge is -2.09. The van der Waals surface area contributed by atoms with Crippen LogP contribution in [0.1, 0.15) is 21.7 Å². The van der Waals surface area contributed by atoms with Crippen LogP contribution >= 0.6 is 11.6 Å². The average Bonchev–Trinajstić information content (AvgIpc) is 2.67. The molecule has 2 rings (SSSR count). The van der Waals surface area contributed by atoms with Crippen molar-refractivity contribution < 1.29 is 9.53 Å². The van der Waals surface area contributed by atoms with Crippen LogP contribution in [-0.4, -0.2) is 27.8 Å². The van der Waals surface area contributed by atoms with Crippen molar-refractivity contribution in [3.63, 3.8) is 0 Å². The van der Waals surface area contributed by atoms with Crippen LogP contribution in [0.4, 0.5) is 0 Å². The molecule has 0 aliphatic heterocycles. The van der Waals surface area contributed by atoms with E-state index in [0.29, 0.717) is 11.5 Å². The third kappa shape index (κ3) is 2.39. The Bertz CT molecular complexity index is 703. The van der Waals surface area contributed by atoms with Gasteiger partial charge in [0.1, 0.15) is 5.82 Å². The van der Waals surface area contributed by atoms with E-state index in [-0.39, 0.29) is 16.3 Å². The molecule has 1 aromatic carbocycles. The van der Waals surface area contributed by atoms with Crippen LogP contribution in [0.15, 0.2) is 16.9 Å². The normalized spacial score (nSPS) is 10.5. The number of aromatic amines is 1. The molecule has 0 atom stereocenters. The Morgan fingerprint density at radius 3 is 2.63 bits per heavy atom. The maximum atomic E-state index is 11.7. The van der Waals surface area contributed by atoms with Crippen molar-refractivity contribution in [1.82, 2.24) is 14.8 Å². The second-order valence-electron chi connectivity index (χ2n) is 4.04. The molecule has 0 radical (unpaired) electrons. The van der Waals surface area contributed by atoms with Gasteiger partial charge in [-0.15, -0.1) is 0 Å². The minimum Gasteiger partial charge on any atom is -0.465 e. The number of aromatic nitrogens is 3. The zero-order chi connectivity index (χ0) is 14.2. The number of ether oxygens (including phenoxy) is 1. The topological polar surface area (TPSA) is 77.0 Å². The van der Waals surface area contributed by atoms with Gasteiger partial charge in [0.2, 0.25) is 0 Å². The number of hydrogen-bond donors (Lipinski definition) is 1. The minimum atomic E-state index is -0.563. The summed E-state index contributed by atoms with van der Waals surface area (Å²) in [6.45, 7) is 3.45. The van der Waals surface area contributed by atoms with Gasteiger partial charge in [0.05, 0.1) is 23.4 Å². The quantitative estimate of drug-likeness (QED) is 0.849. The van der Waals surface area contributed by atoms with Crippen molar-refractivity contribution in [3.8, 4) is 5.69 Å². The molecule has 19 heavy (non-hydrogen) atoms. The van der Waals surface area contributed by atoms with Crippen molar-refractivity contribution in [2.75, 3.05) is 7.11 Å². The van der Waals surface area contributed by atoms with E-state index in [9.17, 15) is 9.59 Å². The van der Waals surface area contributed by atoms with Gasteiger partial charge in [0.15, 0.2) is 0 Å². The maximum absolute atomic E-state index is 11.7. The van der Waals surface area contributed by atoms with E-state index in [4.69, 9.17) is 11.6 Å². The van der Waals surface area contributed by atoms with Crippen molar-refractivity contribution >= 4 is 17.6 Å². The van der Waals surface area contributed by atoms with Crippen LogP contribution in [0, 0.1) is 13.8 Å². The summed E-state index contributed by atoms with van der Waals surface area (Å²) >= 11 is 5.99. The summed E-state index contributed by atoms with van der Waals surface area (Å²) in [6.07, 6.45) is 0. The van der Waals surface area contributed by atoms with E-state index in [1.54, 1.807) is 19.9 Å². The molecule has 0 amide bonds. The molecule has 0 bridgehead atoms. The van der Waals surface area contributed by atoms with Crippen LogP contribution in [0.3, 0.4) is 0 Å².